The van der Waals surface area contributed by atoms with Crippen LogP contribution in [0.15, 0.2) is 35.5 Å². The molecule has 1 N–H and O–H groups in total. The predicted molar refractivity (Wildman–Crippen MR) is 132 cm³/mol. The Balaban J connectivity index is 1.68. The Morgan fingerprint density at radius 3 is 2.72 bits per heavy atom. The van der Waals surface area contributed by atoms with Crippen molar-refractivity contribution in [1.29, 1.82) is 0 Å². The van der Waals surface area contributed by atoms with Crippen molar-refractivity contribution in [2.24, 2.45) is 23.2 Å². The van der Waals surface area contributed by atoms with Gasteiger partial charge in [0.2, 0.25) is 0 Å². The molecule has 0 aromatic heterocycles. The van der Waals surface area contributed by atoms with Gasteiger partial charge in [0, 0.05) is 13.3 Å². The first-order valence-corrected chi connectivity index (χ1v) is 13.0. The highest BCUT2D eigenvalue weighted by Crippen LogP contribution is 2.60. The summed E-state index contributed by atoms with van der Waals surface area (Å²) in [6, 6.07) is 0. The highest BCUT2D eigenvalue weighted by Gasteiger charge is 2.50. The quantitative estimate of drug-likeness (QED) is 0.421. The van der Waals surface area contributed by atoms with Crippen LogP contribution in [0.25, 0.3) is 0 Å². The van der Waals surface area contributed by atoms with E-state index in [-0.39, 0.29) is 12.1 Å². The molecule has 3 heteroatoms. The van der Waals surface area contributed by atoms with Crippen LogP contribution in [0.3, 0.4) is 0 Å². The Kier molecular flexibility index (Phi) is 8.12. The lowest BCUT2D eigenvalue weighted by atomic mass is 9.60. The Morgan fingerprint density at radius 1 is 1.28 bits per heavy atom. The summed E-state index contributed by atoms with van der Waals surface area (Å²) in [7, 11) is 0. The molecule has 3 nitrogen and oxygen atoms in total. The topological polar surface area (TPSA) is 46.5 Å². The third-order valence-electron chi connectivity index (χ3n) is 8.67. The molecule has 0 aromatic carbocycles. The highest BCUT2D eigenvalue weighted by molar-refractivity contribution is 5.66. The van der Waals surface area contributed by atoms with Crippen LogP contribution in [-0.2, 0) is 9.53 Å². The largest absolute Gasteiger partial charge is 0.462 e. The Bertz CT molecular complexity index is 753. The number of aliphatic hydroxyl groups is 1. The van der Waals surface area contributed by atoms with Crippen LogP contribution in [-0.4, -0.2) is 22.8 Å². The third-order valence-corrected chi connectivity index (χ3v) is 8.67. The van der Waals surface area contributed by atoms with Gasteiger partial charge in [0.05, 0.1) is 5.60 Å². The lowest BCUT2D eigenvalue weighted by Gasteiger charge is -2.44. The number of hydrogen-bond acceptors (Lipinski definition) is 3. The van der Waals surface area contributed by atoms with E-state index in [1.54, 1.807) is 5.57 Å². The van der Waals surface area contributed by atoms with Crippen molar-refractivity contribution in [3.8, 4) is 0 Å². The molecule has 0 amide bonds. The van der Waals surface area contributed by atoms with Gasteiger partial charge in [-0.15, -0.1) is 0 Å². The fourth-order valence-electron chi connectivity index (χ4n) is 6.99. The first kappa shape index (κ1) is 25.3. The fourth-order valence-corrected chi connectivity index (χ4v) is 6.99. The van der Waals surface area contributed by atoms with Gasteiger partial charge in [-0.05, 0) is 94.0 Å². The van der Waals surface area contributed by atoms with E-state index >= 15 is 0 Å². The van der Waals surface area contributed by atoms with Crippen LogP contribution in [0, 0.1) is 23.2 Å². The molecule has 0 bridgehead atoms. The SMILES string of the molecule is C=C1CC[C@H](OC(C)=O)C/C1=C/C=C1\CCC[C@@]2(C)C1CC[C@@H]2[C@H](C)CCCC(C)(C)O. The van der Waals surface area contributed by atoms with Gasteiger partial charge in [-0.3, -0.25) is 4.79 Å². The highest BCUT2D eigenvalue weighted by atomic mass is 16.5. The average molecular weight is 443 g/mol. The first-order valence-electron chi connectivity index (χ1n) is 13.0. The minimum atomic E-state index is -0.548. The summed E-state index contributed by atoms with van der Waals surface area (Å²) in [6.07, 6.45) is 17.0. The summed E-state index contributed by atoms with van der Waals surface area (Å²) in [5.41, 5.74) is 3.94. The number of carbonyl (C=O) groups excluding carboxylic acids is 1. The van der Waals surface area contributed by atoms with E-state index in [0.717, 1.165) is 38.0 Å². The monoisotopic (exact) mass is 442 g/mol. The lowest BCUT2D eigenvalue weighted by Crippen LogP contribution is -2.36. The van der Waals surface area contributed by atoms with Crippen molar-refractivity contribution in [1.82, 2.24) is 0 Å². The van der Waals surface area contributed by atoms with Crippen LogP contribution in [0.1, 0.15) is 105 Å². The van der Waals surface area contributed by atoms with Gasteiger partial charge in [0.15, 0.2) is 0 Å². The molecule has 0 spiro atoms. The van der Waals surface area contributed by atoms with Crippen LogP contribution in [0.2, 0.25) is 0 Å². The van der Waals surface area contributed by atoms with E-state index in [4.69, 9.17) is 4.74 Å². The fraction of sp³-hybridized carbons (Fsp3) is 0.759. The molecule has 5 atom stereocenters. The molecule has 0 heterocycles. The van der Waals surface area contributed by atoms with Gasteiger partial charge < -0.3 is 9.84 Å². The van der Waals surface area contributed by atoms with E-state index in [1.165, 1.54) is 56.6 Å². The van der Waals surface area contributed by atoms with Gasteiger partial charge in [-0.25, -0.2) is 0 Å². The molecule has 0 radical (unpaired) electrons. The summed E-state index contributed by atoms with van der Waals surface area (Å²) in [6.45, 7) is 14.6. The maximum Gasteiger partial charge on any atom is 0.302 e. The summed E-state index contributed by atoms with van der Waals surface area (Å²) in [5.74, 6) is 2.00. The molecule has 3 aliphatic carbocycles. The van der Waals surface area contributed by atoms with Crippen LogP contribution < -0.4 is 0 Å². The van der Waals surface area contributed by atoms with E-state index in [2.05, 4.69) is 32.6 Å². The number of esters is 1. The number of ether oxygens (including phenoxy) is 1. The van der Waals surface area contributed by atoms with Gasteiger partial charge in [0.1, 0.15) is 6.10 Å². The summed E-state index contributed by atoms with van der Waals surface area (Å²) in [4.78, 5) is 11.4. The minimum Gasteiger partial charge on any atom is -0.462 e. The molecule has 0 aromatic rings. The molecule has 3 aliphatic rings. The average Bonchev–Trinajstić information content (AvgIpc) is 3.04. The maximum atomic E-state index is 11.4. The van der Waals surface area contributed by atoms with Crippen molar-refractivity contribution in [3.05, 3.63) is 35.5 Å². The zero-order valence-electron chi connectivity index (χ0n) is 21.2. The van der Waals surface area contributed by atoms with Gasteiger partial charge in [-0.2, -0.15) is 0 Å². The summed E-state index contributed by atoms with van der Waals surface area (Å²) < 4.78 is 5.48. The van der Waals surface area contributed by atoms with Gasteiger partial charge >= 0.3 is 5.97 Å². The van der Waals surface area contributed by atoms with E-state index in [1.807, 2.05) is 13.8 Å². The second-order valence-corrected chi connectivity index (χ2v) is 11.8. The van der Waals surface area contributed by atoms with E-state index < -0.39 is 5.60 Å². The summed E-state index contributed by atoms with van der Waals surface area (Å²) >= 11 is 0. The lowest BCUT2D eigenvalue weighted by molar-refractivity contribution is -0.146. The van der Waals surface area contributed by atoms with E-state index in [0.29, 0.717) is 17.3 Å². The van der Waals surface area contributed by atoms with E-state index in [9.17, 15) is 9.90 Å². The van der Waals surface area contributed by atoms with Crippen molar-refractivity contribution in [3.63, 3.8) is 0 Å². The minimum absolute atomic E-state index is 0.000111. The number of allylic oxidation sites excluding steroid dienone is 4. The smallest absolute Gasteiger partial charge is 0.302 e. The molecule has 180 valence electrons. The molecule has 1 unspecified atom stereocenters. The van der Waals surface area contributed by atoms with Crippen molar-refractivity contribution in [2.45, 2.75) is 117 Å². The Morgan fingerprint density at radius 2 is 2.03 bits per heavy atom. The number of carbonyl (C=O) groups is 1. The van der Waals surface area contributed by atoms with Crippen molar-refractivity contribution >= 4 is 5.97 Å². The second kappa shape index (κ2) is 10.3. The molecular weight excluding hydrogens is 396 g/mol. The molecule has 0 saturated heterocycles. The third kappa shape index (κ3) is 6.16. The van der Waals surface area contributed by atoms with Gasteiger partial charge in [-0.1, -0.05) is 56.6 Å². The first-order chi connectivity index (χ1) is 15.0. The van der Waals surface area contributed by atoms with Crippen LogP contribution in [0.4, 0.5) is 0 Å². The summed E-state index contributed by atoms with van der Waals surface area (Å²) in [5, 5.41) is 10.1. The number of rotatable bonds is 7. The molecule has 3 saturated carbocycles. The Labute approximate surface area is 196 Å². The van der Waals surface area contributed by atoms with Crippen LogP contribution >= 0.6 is 0 Å². The molecular formula is C29H46O3. The van der Waals surface area contributed by atoms with Crippen molar-refractivity contribution in [2.75, 3.05) is 0 Å². The zero-order chi connectivity index (χ0) is 23.5. The molecule has 3 rings (SSSR count). The van der Waals surface area contributed by atoms with Crippen molar-refractivity contribution < 1.29 is 14.6 Å². The van der Waals surface area contributed by atoms with Gasteiger partial charge in [0.25, 0.3) is 0 Å². The zero-order valence-corrected chi connectivity index (χ0v) is 21.2. The Hall–Kier alpha value is -1.35. The molecule has 0 aliphatic heterocycles. The van der Waals surface area contributed by atoms with Crippen LogP contribution in [0.5, 0.6) is 0 Å². The molecule has 32 heavy (non-hydrogen) atoms. The number of hydrogen-bond donors (Lipinski definition) is 1. The number of fused-ring (bicyclic) bond motifs is 1. The standard InChI is InChI=1S/C29H46O3/c1-20-11-14-25(32-22(3)30)19-24(20)13-12-23-10-8-18-29(6)26(15-16-27(23)29)21(2)9-7-17-28(4,5)31/h12-13,21,25-27,31H,1,7-11,14-19H2,2-6H3/b23-12+,24-13-/t21-,25+,26-,27?,29-/m1/s1. The second-order valence-electron chi connectivity index (χ2n) is 11.8. The normalized spacial score (nSPS) is 34.6. The predicted octanol–water partition coefficient (Wildman–Crippen LogP) is 7.30. The maximum absolute atomic E-state index is 11.4. The molecule has 3 fully saturated rings.